The van der Waals surface area contributed by atoms with Gasteiger partial charge in [-0.15, -0.1) is 0 Å². The highest BCUT2D eigenvalue weighted by Gasteiger charge is 2.25. The summed E-state index contributed by atoms with van der Waals surface area (Å²) in [4.78, 5) is 11.9. The standard InChI is InChI=1S/C16H19N3O2/c1-11-13(9-12-5-2-3-7-15(12)21-11)10-18-19-16(20)14-6-4-8-17-14/h2-3,5,7,9-11,14,17H,4,6,8H2,1H3,(H,19,20)/p+1. The third kappa shape index (κ3) is 3.13. The first kappa shape index (κ1) is 13.8. The minimum atomic E-state index is -0.0707. The molecule has 5 nitrogen and oxygen atoms in total. The summed E-state index contributed by atoms with van der Waals surface area (Å²) >= 11 is 0. The maximum absolute atomic E-state index is 11.9. The minimum Gasteiger partial charge on any atom is -0.485 e. The molecule has 1 fully saturated rings. The van der Waals surface area contributed by atoms with Crippen LogP contribution in [0.3, 0.4) is 0 Å². The number of nitrogens with two attached hydrogens (primary N) is 1. The maximum atomic E-state index is 11.9. The average Bonchev–Trinajstić information content (AvgIpc) is 3.02. The van der Waals surface area contributed by atoms with Gasteiger partial charge in [-0.25, -0.2) is 5.43 Å². The van der Waals surface area contributed by atoms with E-state index < -0.39 is 0 Å². The molecule has 0 saturated carbocycles. The highest BCUT2D eigenvalue weighted by atomic mass is 16.5. The smallest absolute Gasteiger partial charge is 0.298 e. The van der Waals surface area contributed by atoms with Crippen molar-refractivity contribution in [3.63, 3.8) is 0 Å². The van der Waals surface area contributed by atoms with Gasteiger partial charge >= 0.3 is 0 Å². The van der Waals surface area contributed by atoms with Gasteiger partial charge in [-0.1, -0.05) is 18.2 Å². The van der Waals surface area contributed by atoms with Crippen LogP contribution in [0.25, 0.3) is 6.08 Å². The number of hydrogen-bond acceptors (Lipinski definition) is 3. The molecule has 2 aliphatic heterocycles. The monoisotopic (exact) mass is 286 g/mol. The van der Waals surface area contributed by atoms with Crippen LogP contribution in [0, 0.1) is 0 Å². The second-order valence-electron chi connectivity index (χ2n) is 5.45. The fraction of sp³-hybridized carbons (Fsp3) is 0.375. The van der Waals surface area contributed by atoms with Crippen LogP contribution >= 0.6 is 0 Å². The number of amides is 1. The molecule has 2 unspecified atom stereocenters. The van der Waals surface area contributed by atoms with Crippen molar-refractivity contribution in [1.82, 2.24) is 5.43 Å². The number of nitrogens with one attached hydrogen (secondary N) is 1. The van der Waals surface area contributed by atoms with Gasteiger partial charge in [0.05, 0.1) is 12.8 Å². The fourth-order valence-corrected chi connectivity index (χ4v) is 2.67. The number of rotatable bonds is 3. The van der Waals surface area contributed by atoms with Gasteiger partial charge in [0.25, 0.3) is 5.91 Å². The predicted molar refractivity (Wildman–Crippen MR) is 81.0 cm³/mol. The van der Waals surface area contributed by atoms with E-state index in [1.54, 1.807) is 6.21 Å². The van der Waals surface area contributed by atoms with Gasteiger partial charge in [0.1, 0.15) is 11.9 Å². The molecule has 110 valence electrons. The molecule has 1 aromatic rings. The Balaban J connectivity index is 1.65. The molecule has 0 spiro atoms. The number of benzene rings is 1. The van der Waals surface area contributed by atoms with E-state index in [9.17, 15) is 4.79 Å². The lowest BCUT2D eigenvalue weighted by atomic mass is 10.0. The van der Waals surface area contributed by atoms with Crippen molar-refractivity contribution >= 4 is 18.2 Å². The van der Waals surface area contributed by atoms with Gasteiger partial charge in [0, 0.05) is 24.0 Å². The topological polar surface area (TPSA) is 67.3 Å². The maximum Gasteiger partial charge on any atom is 0.298 e. The lowest BCUT2D eigenvalue weighted by molar-refractivity contribution is -0.657. The van der Waals surface area contributed by atoms with Crippen LogP contribution in [0.4, 0.5) is 0 Å². The number of para-hydroxylation sites is 1. The summed E-state index contributed by atoms with van der Waals surface area (Å²) in [6.45, 7) is 3.00. The van der Waals surface area contributed by atoms with Gasteiger partial charge in [-0.05, 0) is 19.1 Å². The summed E-state index contributed by atoms with van der Waals surface area (Å²) in [6.07, 6.45) is 5.67. The highest BCUT2D eigenvalue weighted by Crippen LogP contribution is 2.28. The van der Waals surface area contributed by atoms with E-state index in [0.717, 1.165) is 36.3 Å². The fourth-order valence-electron chi connectivity index (χ4n) is 2.67. The molecule has 1 amide bonds. The Kier molecular flexibility index (Phi) is 4.01. The Morgan fingerprint density at radius 1 is 1.48 bits per heavy atom. The first-order valence-electron chi connectivity index (χ1n) is 7.37. The molecule has 2 atom stereocenters. The van der Waals surface area contributed by atoms with Gasteiger partial charge in [-0.2, -0.15) is 5.10 Å². The van der Waals surface area contributed by atoms with Crippen LogP contribution in [-0.2, 0) is 4.79 Å². The second-order valence-corrected chi connectivity index (χ2v) is 5.45. The van der Waals surface area contributed by atoms with Crippen LogP contribution in [0.15, 0.2) is 34.9 Å². The van der Waals surface area contributed by atoms with E-state index in [4.69, 9.17) is 4.74 Å². The first-order chi connectivity index (χ1) is 10.2. The van der Waals surface area contributed by atoms with E-state index in [1.165, 1.54) is 0 Å². The molecular weight excluding hydrogens is 266 g/mol. The quantitative estimate of drug-likeness (QED) is 0.634. The number of ether oxygens (including phenoxy) is 1. The van der Waals surface area contributed by atoms with Crippen LogP contribution in [0.2, 0.25) is 0 Å². The third-order valence-electron chi connectivity index (χ3n) is 3.91. The largest absolute Gasteiger partial charge is 0.485 e. The van der Waals surface area contributed by atoms with Gasteiger partial charge in [-0.3, -0.25) is 4.79 Å². The van der Waals surface area contributed by atoms with Crippen molar-refractivity contribution in [1.29, 1.82) is 0 Å². The second kappa shape index (κ2) is 6.10. The summed E-state index contributed by atoms with van der Waals surface area (Å²) < 4.78 is 5.82. The SMILES string of the molecule is CC1Oc2ccccc2C=C1C=NNC(=O)C1CCC[NH2+]1. The van der Waals surface area contributed by atoms with Crippen molar-refractivity contribution in [2.75, 3.05) is 6.54 Å². The Morgan fingerprint density at radius 2 is 2.33 bits per heavy atom. The molecule has 2 heterocycles. The zero-order chi connectivity index (χ0) is 14.7. The zero-order valence-electron chi connectivity index (χ0n) is 12.1. The third-order valence-corrected chi connectivity index (χ3v) is 3.91. The molecule has 3 rings (SSSR count). The number of nitrogens with zero attached hydrogens (tertiary/aromatic N) is 1. The van der Waals surface area contributed by atoms with E-state index >= 15 is 0 Å². The zero-order valence-corrected chi connectivity index (χ0v) is 12.1. The Bertz CT molecular complexity index is 589. The summed E-state index contributed by atoms with van der Waals surface area (Å²) in [5, 5.41) is 6.13. The Hall–Kier alpha value is -2.14. The summed E-state index contributed by atoms with van der Waals surface area (Å²) in [5.41, 5.74) is 4.60. The number of fused-ring (bicyclic) bond motifs is 1. The van der Waals surface area contributed by atoms with Crippen molar-refractivity contribution < 1.29 is 14.8 Å². The molecule has 1 aromatic carbocycles. The first-order valence-corrected chi connectivity index (χ1v) is 7.37. The van der Waals surface area contributed by atoms with Crippen LogP contribution < -0.4 is 15.5 Å². The molecule has 0 bridgehead atoms. The molecular formula is C16H20N3O2+. The summed E-state index contributed by atoms with van der Waals surface area (Å²) in [7, 11) is 0. The average molecular weight is 286 g/mol. The Labute approximate surface area is 124 Å². The number of carbonyl (C=O) groups is 1. The van der Waals surface area contributed by atoms with Crippen LogP contribution in [0.1, 0.15) is 25.3 Å². The molecule has 5 heteroatoms. The molecule has 1 saturated heterocycles. The molecule has 3 N–H and O–H groups in total. The molecule has 0 radical (unpaired) electrons. The number of quaternary nitrogens is 1. The van der Waals surface area contributed by atoms with Crippen LogP contribution in [-0.4, -0.2) is 30.8 Å². The van der Waals surface area contributed by atoms with Gasteiger partial charge < -0.3 is 10.1 Å². The van der Waals surface area contributed by atoms with Crippen molar-refractivity contribution in [3.05, 3.63) is 35.4 Å². The van der Waals surface area contributed by atoms with E-state index in [1.807, 2.05) is 37.3 Å². The number of hydrazone groups is 1. The van der Waals surface area contributed by atoms with Crippen molar-refractivity contribution in [2.45, 2.75) is 31.9 Å². The molecule has 0 aromatic heterocycles. The summed E-state index contributed by atoms with van der Waals surface area (Å²) in [5.74, 6) is 0.862. The highest BCUT2D eigenvalue weighted by molar-refractivity contribution is 5.90. The van der Waals surface area contributed by atoms with Gasteiger partial charge in [0.2, 0.25) is 0 Å². The summed E-state index contributed by atoms with van der Waals surface area (Å²) in [6, 6.07) is 7.89. The van der Waals surface area contributed by atoms with Crippen molar-refractivity contribution in [2.24, 2.45) is 5.10 Å². The predicted octanol–water partition coefficient (Wildman–Crippen LogP) is 0.679. The number of carbonyl (C=O) groups excluding carboxylic acids is 1. The Morgan fingerprint density at radius 3 is 3.14 bits per heavy atom. The lowest BCUT2D eigenvalue weighted by Gasteiger charge is -2.22. The van der Waals surface area contributed by atoms with Gasteiger partial charge in [0.15, 0.2) is 6.04 Å². The van der Waals surface area contributed by atoms with Crippen LogP contribution in [0.5, 0.6) is 5.75 Å². The molecule has 2 aliphatic rings. The van der Waals surface area contributed by atoms with E-state index in [0.29, 0.717) is 0 Å². The van der Waals surface area contributed by atoms with E-state index in [-0.39, 0.29) is 18.1 Å². The lowest BCUT2D eigenvalue weighted by Crippen LogP contribution is -2.89. The minimum absolute atomic E-state index is 0.0110. The molecule has 21 heavy (non-hydrogen) atoms. The van der Waals surface area contributed by atoms with E-state index in [2.05, 4.69) is 15.8 Å². The molecule has 0 aliphatic carbocycles. The normalized spacial score (nSPS) is 24.3. The number of hydrogen-bond donors (Lipinski definition) is 2. The van der Waals surface area contributed by atoms with Crippen molar-refractivity contribution in [3.8, 4) is 5.75 Å².